The van der Waals surface area contributed by atoms with Gasteiger partial charge in [0.25, 0.3) is 0 Å². The minimum Gasteiger partial charge on any atom is -0.354 e. The first-order valence-corrected chi connectivity index (χ1v) is 7.15. The zero-order chi connectivity index (χ0) is 12.7. The van der Waals surface area contributed by atoms with Crippen molar-refractivity contribution in [2.75, 3.05) is 20.1 Å². The molecule has 1 aromatic carbocycles. The summed E-state index contributed by atoms with van der Waals surface area (Å²) in [7, 11) is 1.87. The zero-order valence-electron chi connectivity index (χ0n) is 10.00. The van der Waals surface area contributed by atoms with Crippen LogP contribution in [0.1, 0.15) is 6.92 Å². The lowest BCUT2D eigenvalue weighted by Crippen LogP contribution is -2.35. The molecular weight excluding hydrogens is 300 g/mol. The summed E-state index contributed by atoms with van der Waals surface area (Å²) in [6.45, 7) is 3.38. The number of benzene rings is 1. The minimum atomic E-state index is -0.0759. The minimum absolute atomic E-state index is 0.0759. The third-order valence-electron chi connectivity index (χ3n) is 2.17. The van der Waals surface area contributed by atoms with Crippen molar-refractivity contribution in [2.24, 2.45) is 0 Å². The molecule has 0 aliphatic heterocycles. The largest absolute Gasteiger partial charge is 0.354 e. The number of carbonyl (C=O) groups excluding carboxylic acids is 1. The number of hydrogen-bond acceptors (Lipinski definition) is 3. The first kappa shape index (κ1) is 14.5. The second-order valence-electron chi connectivity index (χ2n) is 3.61. The average Bonchev–Trinajstić information content (AvgIpc) is 2.32. The molecule has 94 valence electrons. The lowest BCUT2D eigenvalue weighted by molar-refractivity contribution is -0.120. The molecule has 1 aromatic rings. The average molecular weight is 317 g/mol. The summed E-state index contributed by atoms with van der Waals surface area (Å²) in [4.78, 5) is 12.8. The van der Waals surface area contributed by atoms with E-state index in [0.29, 0.717) is 6.54 Å². The first-order chi connectivity index (χ1) is 8.13. The van der Waals surface area contributed by atoms with E-state index in [0.717, 1.165) is 15.9 Å². The predicted molar refractivity (Wildman–Crippen MR) is 76.4 cm³/mol. The van der Waals surface area contributed by atoms with Crippen molar-refractivity contribution < 1.29 is 4.79 Å². The monoisotopic (exact) mass is 316 g/mol. The number of halogens is 1. The molecule has 0 aliphatic rings. The SMILES string of the molecule is CNCCNC(=O)C(C)Sc1ccc(Br)cc1. The third-order valence-corrected chi connectivity index (χ3v) is 3.81. The first-order valence-electron chi connectivity index (χ1n) is 5.48. The maximum atomic E-state index is 11.7. The molecule has 0 spiro atoms. The second-order valence-corrected chi connectivity index (χ2v) is 5.94. The normalized spacial score (nSPS) is 12.2. The number of likely N-dealkylation sites (N-methyl/N-ethyl adjacent to an activating group) is 1. The van der Waals surface area contributed by atoms with Gasteiger partial charge in [0.05, 0.1) is 5.25 Å². The van der Waals surface area contributed by atoms with E-state index in [2.05, 4.69) is 26.6 Å². The lowest BCUT2D eigenvalue weighted by Gasteiger charge is -2.11. The van der Waals surface area contributed by atoms with Crippen LogP contribution in [0.3, 0.4) is 0 Å². The maximum Gasteiger partial charge on any atom is 0.233 e. The molecule has 0 radical (unpaired) electrons. The number of amides is 1. The predicted octanol–water partition coefficient (Wildman–Crippen LogP) is 2.27. The van der Waals surface area contributed by atoms with Crippen LogP contribution < -0.4 is 10.6 Å². The van der Waals surface area contributed by atoms with Crippen molar-refractivity contribution in [1.82, 2.24) is 10.6 Å². The van der Waals surface area contributed by atoms with Crippen LogP contribution in [0.4, 0.5) is 0 Å². The standard InChI is InChI=1S/C12H17BrN2OS/c1-9(12(16)15-8-7-14-2)17-11-5-3-10(13)4-6-11/h3-6,9,14H,7-8H2,1-2H3,(H,15,16). The van der Waals surface area contributed by atoms with Gasteiger partial charge in [-0.25, -0.2) is 0 Å². The molecular formula is C12H17BrN2OS. The Hall–Kier alpha value is -0.520. The van der Waals surface area contributed by atoms with E-state index in [1.54, 1.807) is 11.8 Å². The molecule has 0 fully saturated rings. The highest BCUT2D eigenvalue weighted by Gasteiger charge is 2.13. The van der Waals surface area contributed by atoms with Gasteiger partial charge in [-0.3, -0.25) is 4.79 Å². The molecule has 5 heteroatoms. The van der Waals surface area contributed by atoms with E-state index in [9.17, 15) is 4.79 Å². The van der Waals surface area contributed by atoms with Crippen LogP contribution in [0, 0.1) is 0 Å². The molecule has 17 heavy (non-hydrogen) atoms. The van der Waals surface area contributed by atoms with Crippen LogP contribution in [-0.4, -0.2) is 31.3 Å². The van der Waals surface area contributed by atoms with Gasteiger partial charge in [0.1, 0.15) is 0 Å². The number of thioether (sulfide) groups is 1. The molecule has 1 rings (SSSR count). The Bertz CT molecular complexity index is 356. The number of nitrogens with one attached hydrogen (secondary N) is 2. The van der Waals surface area contributed by atoms with Gasteiger partial charge < -0.3 is 10.6 Å². The molecule has 0 bridgehead atoms. The van der Waals surface area contributed by atoms with Crippen LogP contribution in [0.15, 0.2) is 33.6 Å². The van der Waals surface area contributed by atoms with E-state index in [4.69, 9.17) is 0 Å². The Balaban J connectivity index is 2.40. The quantitative estimate of drug-likeness (QED) is 0.625. The summed E-state index contributed by atoms with van der Waals surface area (Å²) >= 11 is 4.95. The Morgan fingerprint density at radius 1 is 1.35 bits per heavy atom. The van der Waals surface area contributed by atoms with Gasteiger partial charge in [-0.2, -0.15) is 0 Å². The van der Waals surface area contributed by atoms with E-state index in [-0.39, 0.29) is 11.2 Å². The van der Waals surface area contributed by atoms with Crippen LogP contribution in [0.2, 0.25) is 0 Å². The number of hydrogen-bond donors (Lipinski definition) is 2. The highest BCUT2D eigenvalue weighted by molar-refractivity contribution is 9.10. The van der Waals surface area contributed by atoms with Gasteiger partial charge >= 0.3 is 0 Å². The zero-order valence-corrected chi connectivity index (χ0v) is 12.4. The lowest BCUT2D eigenvalue weighted by atomic mass is 10.4. The topological polar surface area (TPSA) is 41.1 Å². The summed E-state index contributed by atoms with van der Waals surface area (Å²) < 4.78 is 1.05. The Morgan fingerprint density at radius 3 is 2.59 bits per heavy atom. The van der Waals surface area contributed by atoms with Crippen LogP contribution in [0.25, 0.3) is 0 Å². The molecule has 2 N–H and O–H groups in total. The smallest absolute Gasteiger partial charge is 0.233 e. The Labute approximate surface area is 115 Å². The van der Waals surface area contributed by atoms with Gasteiger partial charge in [-0.05, 0) is 38.2 Å². The van der Waals surface area contributed by atoms with Gasteiger partial charge in [0.2, 0.25) is 5.91 Å². The van der Waals surface area contributed by atoms with Crippen molar-refractivity contribution in [3.8, 4) is 0 Å². The van der Waals surface area contributed by atoms with Crippen molar-refractivity contribution in [3.05, 3.63) is 28.7 Å². The number of rotatable bonds is 6. The van der Waals surface area contributed by atoms with Crippen LogP contribution in [-0.2, 0) is 4.79 Å². The van der Waals surface area contributed by atoms with Gasteiger partial charge in [0, 0.05) is 22.5 Å². The summed E-state index contributed by atoms with van der Waals surface area (Å²) in [6.07, 6.45) is 0. The summed E-state index contributed by atoms with van der Waals surface area (Å²) in [5.74, 6) is 0.0770. The van der Waals surface area contributed by atoms with Crippen molar-refractivity contribution in [3.63, 3.8) is 0 Å². The molecule has 1 unspecified atom stereocenters. The Kier molecular flexibility index (Phi) is 6.62. The van der Waals surface area contributed by atoms with Crippen LogP contribution >= 0.6 is 27.7 Å². The summed E-state index contributed by atoms with van der Waals surface area (Å²) in [5, 5.41) is 5.80. The molecule has 0 saturated heterocycles. The molecule has 0 heterocycles. The fourth-order valence-electron chi connectivity index (χ4n) is 1.23. The third kappa shape index (κ3) is 5.57. The molecule has 1 atom stereocenters. The second kappa shape index (κ2) is 7.74. The van der Waals surface area contributed by atoms with Crippen molar-refractivity contribution >= 4 is 33.6 Å². The molecule has 0 aliphatic carbocycles. The van der Waals surface area contributed by atoms with Gasteiger partial charge in [-0.1, -0.05) is 15.9 Å². The molecule has 1 amide bonds. The highest BCUT2D eigenvalue weighted by Crippen LogP contribution is 2.24. The van der Waals surface area contributed by atoms with Crippen molar-refractivity contribution in [2.45, 2.75) is 17.1 Å². The Morgan fingerprint density at radius 2 is 2.00 bits per heavy atom. The van der Waals surface area contributed by atoms with E-state index < -0.39 is 0 Å². The van der Waals surface area contributed by atoms with E-state index >= 15 is 0 Å². The highest BCUT2D eigenvalue weighted by atomic mass is 79.9. The van der Waals surface area contributed by atoms with Crippen molar-refractivity contribution in [1.29, 1.82) is 0 Å². The van der Waals surface area contributed by atoms with Crippen LogP contribution in [0.5, 0.6) is 0 Å². The van der Waals surface area contributed by atoms with Gasteiger partial charge in [0.15, 0.2) is 0 Å². The summed E-state index contributed by atoms with van der Waals surface area (Å²) in [6, 6.07) is 7.97. The summed E-state index contributed by atoms with van der Waals surface area (Å²) in [5.41, 5.74) is 0. The molecule has 0 saturated carbocycles. The fourth-order valence-corrected chi connectivity index (χ4v) is 2.38. The number of carbonyl (C=O) groups is 1. The van der Waals surface area contributed by atoms with E-state index in [1.807, 2.05) is 38.2 Å². The maximum absolute atomic E-state index is 11.7. The molecule has 3 nitrogen and oxygen atoms in total. The van der Waals surface area contributed by atoms with E-state index in [1.165, 1.54) is 0 Å². The fraction of sp³-hybridized carbons (Fsp3) is 0.417. The van der Waals surface area contributed by atoms with Gasteiger partial charge in [-0.15, -0.1) is 11.8 Å². The molecule has 0 aromatic heterocycles.